The Morgan fingerprint density at radius 3 is 2.76 bits per heavy atom. The summed E-state index contributed by atoms with van der Waals surface area (Å²) in [5, 5.41) is 2.55. The highest BCUT2D eigenvalue weighted by atomic mass is 19.1. The second-order valence-electron chi connectivity index (χ2n) is 5.59. The summed E-state index contributed by atoms with van der Waals surface area (Å²) >= 11 is 0. The number of ether oxygens (including phenoxy) is 2. The van der Waals surface area contributed by atoms with E-state index in [0.29, 0.717) is 5.75 Å². The van der Waals surface area contributed by atoms with Crippen molar-refractivity contribution >= 4 is 11.9 Å². The first-order valence-corrected chi connectivity index (χ1v) is 7.62. The third-order valence-corrected chi connectivity index (χ3v) is 3.35. The van der Waals surface area contributed by atoms with Crippen molar-refractivity contribution in [3.63, 3.8) is 0 Å². The maximum atomic E-state index is 13.1. The van der Waals surface area contributed by atoms with Crippen LogP contribution in [-0.2, 0) is 16.1 Å². The van der Waals surface area contributed by atoms with E-state index in [4.69, 9.17) is 9.15 Å². The number of halogens is 1. The average Bonchev–Trinajstić information content (AvgIpc) is 3.06. The van der Waals surface area contributed by atoms with Crippen molar-refractivity contribution in [2.24, 2.45) is 5.92 Å². The Hall–Kier alpha value is -2.90. The molecule has 25 heavy (non-hydrogen) atoms. The molecule has 0 bridgehead atoms. The van der Waals surface area contributed by atoms with Gasteiger partial charge in [0.25, 0.3) is 5.91 Å². The molecule has 134 valence electrons. The molecular formula is C17H19FN2O5. The lowest BCUT2D eigenvalue weighted by molar-refractivity contribution is -0.144. The second-order valence-corrected chi connectivity index (χ2v) is 5.59. The first-order valence-electron chi connectivity index (χ1n) is 7.62. The van der Waals surface area contributed by atoms with Crippen molar-refractivity contribution in [1.82, 2.24) is 10.3 Å². The number of benzene rings is 1. The van der Waals surface area contributed by atoms with Gasteiger partial charge in [-0.2, -0.15) is 0 Å². The second kappa shape index (κ2) is 8.27. The molecule has 1 amide bonds. The van der Waals surface area contributed by atoms with Crippen molar-refractivity contribution < 1.29 is 27.9 Å². The summed E-state index contributed by atoms with van der Waals surface area (Å²) in [4.78, 5) is 27.9. The fraction of sp³-hybridized carbons (Fsp3) is 0.353. The molecule has 1 aromatic heterocycles. The van der Waals surface area contributed by atoms with E-state index in [1.807, 2.05) is 0 Å². The number of hydrogen-bond acceptors (Lipinski definition) is 6. The zero-order valence-electron chi connectivity index (χ0n) is 14.1. The number of esters is 1. The van der Waals surface area contributed by atoms with Crippen LogP contribution in [0.5, 0.6) is 5.75 Å². The van der Waals surface area contributed by atoms with Gasteiger partial charge in [-0.3, -0.25) is 4.79 Å². The number of methoxy groups -OCH3 is 1. The zero-order valence-corrected chi connectivity index (χ0v) is 14.1. The molecule has 8 heteroatoms. The number of carbonyl (C=O) groups is 2. The third-order valence-electron chi connectivity index (χ3n) is 3.35. The number of nitrogens with zero attached hydrogens (tertiary/aromatic N) is 1. The van der Waals surface area contributed by atoms with Gasteiger partial charge in [-0.05, 0) is 18.1 Å². The molecule has 0 radical (unpaired) electrons. The molecule has 0 fully saturated rings. The maximum absolute atomic E-state index is 13.1. The number of aromatic nitrogens is 1. The van der Waals surface area contributed by atoms with Crippen LogP contribution < -0.4 is 10.1 Å². The zero-order chi connectivity index (χ0) is 18.4. The molecule has 0 spiro atoms. The van der Waals surface area contributed by atoms with Gasteiger partial charge < -0.3 is 19.2 Å². The molecule has 7 nitrogen and oxygen atoms in total. The third kappa shape index (κ3) is 5.03. The largest absolute Gasteiger partial charge is 0.484 e. The topological polar surface area (TPSA) is 90.7 Å². The Morgan fingerprint density at radius 1 is 1.36 bits per heavy atom. The molecule has 0 saturated carbocycles. The summed E-state index contributed by atoms with van der Waals surface area (Å²) in [6.45, 7) is 3.49. The molecule has 0 aliphatic carbocycles. The number of nitrogens with one attached hydrogen (secondary N) is 1. The van der Waals surface area contributed by atoms with Crippen LogP contribution in [0, 0.1) is 11.7 Å². The van der Waals surface area contributed by atoms with Gasteiger partial charge in [0, 0.05) is 6.07 Å². The average molecular weight is 350 g/mol. The molecule has 0 aliphatic rings. The van der Waals surface area contributed by atoms with Crippen LogP contribution in [0.1, 0.15) is 30.2 Å². The standard InChI is InChI=1S/C17H19FN2O5/c1-10(2)15(17(22)23-3)20-16(21)13-8-25-14(19-13)9-24-12-6-4-5-11(18)7-12/h4-8,10,15H,9H2,1-3H3,(H,20,21)/t15-/m0/s1. The highest BCUT2D eigenvalue weighted by molar-refractivity contribution is 5.95. The summed E-state index contributed by atoms with van der Waals surface area (Å²) in [6, 6.07) is 4.83. The lowest BCUT2D eigenvalue weighted by Gasteiger charge is -2.18. The highest BCUT2D eigenvalue weighted by Gasteiger charge is 2.26. The summed E-state index contributed by atoms with van der Waals surface area (Å²) in [7, 11) is 1.25. The Kier molecular flexibility index (Phi) is 6.10. The fourth-order valence-corrected chi connectivity index (χ4v) is 2.02. The number of oxazole rings is 1. The van der Waals surface area contributed by atoms with Crippen LogP contribution in [0.25, 0.3) is 0 Å². The molecule has 0 aliphatic heterocycles. The molecule has 1 N–H and O–H groups in total. The first-order chi connectivity index (χ1) is 11.9. The van der Waals surface area contributed by atoms with Crippen LogP contribution in [0.4, 0.5) is 4.39 Å². The van der Waals surface area contributed by atoms with Crippen LogP contribution in [0.3, 0.4) is 0 Å². The van der Waals surface area contributed by atoms with Crippen molar-refractivity contribution in [1.29, 1.82) is 0 Å². The van der Waals surface area contributed by atoms with Gasteiger partial charge in [-0.15, -0.1) is 0 Å². The molecule has 2 aromatic rings. The van der Waals surface area contributed by atoms with E-state index in [0.717, 1.165) is 6.26 Å². The van der Waals surface area contributed by atoms with Crippen molar-refractivity contribution in [3.05, 3.63) is 47.9 Å². The van der Waals surface area contributed by atoms with Gasteiger partial charge in [-0.25, -0.2) is 14.2 Å². The van der Waals surface area contributed by atoms with Crippen LogP contribution in [0.15, 0.2) is 34.9 Å². The van der Waals surface area contributed by atoms with Crippen molar-refractivity contribution in [2.45, 2.75) is 26.5 Å². The number of amides is 1. The molecule has 1 aromatic carbocycles. The fourth-order valence-electron chi connectivity index (χ4n) is 2.02. The van der Waals surface area contributed by atoms with E-state index in [2.05, 4.69) is 15.0 Å². The smallest absolute Gasteiger partial charge is 0.328 e. The van der Waals surface area contributed by atoms with Gasteiger partial charge >= 0.3 is 5.97 Å². The normalized spacial score (nSPS) is 11.9. The van der Waals surface area contributed by atoms with Gasteiger partial charge in [0.15, 0.2) is 12.3 Å². The minimum absolute atomic E-state index is 0.00685. The van der Waals surface area contributed by atoms with Gasteiger partial charge in [0.05, 0.1) is 7.11 Å². The Labute approximate surface area is 144 Å². The van der Waals surface area contributed by atoms with Crippen LogP contribution in [0.2, 0.25) is 0 Å². The first kappa shape index (κ1) is 18.4. The van der Waals surface area contributed by atoms with Crippen LogP contribution in [-0.4, -0.2) is 30.0 Å². The minimum Gasteiger partial charge on any atom is -0.484 e. The summed E-state index contributed by atoms with van der Waals surface area (Å²) < 4.78 is 28.2. The lowest BCUT2D eigenvalue weighted by Crippen LogP contribution is -2.45. The monoisotopic (exact) mass is 350 g/mol. The predicted molar refractivity (Wildman–Crippen MR) is 85.3 cm³/mol. The molecule has 2 rings (SSSR count). The maximum Gasteiger partial charge on any atom is 0.328 e. The van der Waals surface area contributed by atoms with E-state index in [1.165, 1.54) is 25.3 Å². The predicted octanol–water partition coefficient (Wildman–Crippen LogP) is 2.32. The lowest BCUT2D eigenvalue weighted by atomic mass is 10.0. The Morgan fingerprint density at radius 2 is 2.12 bits per heavy atom. The summed E-state index contributed by atoms with van der Waals surface area (Å²) in [5.74, 6) is -1.22. The number of hydrogen-bond donors (Lipinski definition) is 1. The molecular weight excluding hydrogens is 331 g/mol. The number of carbonyl (C=O) groups excluding carboxylic acids is 2. The Balaban J connectivity index is 1.97. The quantitative estimate of drug-likeness (QED) is 0.771. The number of rotatable bonds is 7. The van der Waals surface area contributed by atoms with Crippen molar-refractivity contribution in [2.75, 3.05) is 7.11 Å². The molecule has 0 unspecified atom stereocenters. The molecule has 1 atom stereocenters. The van der Waals surface area contributed by atoms with E-state index in [1.54, 1.807) is 19.9 Å². The summed E-state index contributed by atoms with van der Waals surface area (Å²) in [5.41, 5.74) is 0.00685. The van der Waals surface area contributed by atoms with Gasteiger partial charge in [0.1, 0.15) is 23.9 Å². The van der Waals surface area contributed by atoms with E-state index >= 15 is 0 Å². The summed E-state index contributed by atoms with van der Waals surface area (Å²) in [6.07, 6.45) is 1.16. The SMILES string of the molecule is COC(=O)[C@@H](NC(=O)c1coc(COc2cccc(F)c2)n1)C(C)C. The van der Waals surface area contributed by atoms with E-state index in [-0.39, 0.29) is 24.1 Å². The van der Waals surface area contributed by atoms with E-state index in [9.17, 15) is 14.0 Å². The van der Waals surface area contributed by atoms with E-state index < -0.39 is 23.7 Å². The van der Waals surface area contributed by atoms with Gasteiger partial charge in [0.2, 0.25) is 5.89 Å². The highest BCUT2D eigenvalue weighted by Crippen LogP contribution is 2.14. The van der Waals surface area contributed by atoms with Crippen molar-refractivity contribution in [3.8, 4) is 5.75 Å². The molecule has 0 saturated heterocycles. The Bertz CT molecular complexity index is 744. The molecule has 1 heterocycles. The van der Waals surface area contributed by atoms with Gasteiger partial charge in [-0.1, -0.05) is 19.9 Å². The minimum atomic E-state index is -0.791. The van der Waals surface area contributed by atoms with Crippen LogP contribution >= 0.6 is 0 Å².